The van der Waals surface area contributed by atoms with E-state index >= 15 is 0 Å². The van der Waals surface area contributed by atoms with Crippen LogP contribution in [-0.4, -0.2) is 80.0 Å². The summed E-state index contributed by atoms with van der Waals surface area (Å²) < 4.78 is 0. The second-order valence-electron chi connectivity index (χ2n) is 7.83. The monoisotopic (exact) mass is 358 g/mol. The lowest BCUT2D eigenvalue weighted by Crippen LogP contribution is -2.45. The minimum absolute atomic E-state index is 0.200. The summed E-state index contributed by atoms with van der Waals surface area (Å²) in [5.41, 5.74) is 1.36. The molecule has 2 saturated heterocycles. The zero-order valence-corrected chi connectivity index (χ0v) is 16.2. The van der Waals surface area contributed by atoms with Gasteiger partial charge in [-0.2, -0.15) is 0 Å². The van der Waals surface area contributed by atoms with Gasteiger partial charge >= 0.3 is 0 Å². The molecule has 1 aromatic carbocycles. The Morgan fingerprint density at radius 3 is 2.38 bits per heavy atom. The van der Waals surface area contributed by atoms with Crippen LogP contribution in [0.5, 0.6) is 0 Å². The van der Waals surface area contributed by atoms with Crippen molar-refractivity contribution in [3.63, 3.8) is 0 Å². The van der Waals surface area contributed by atoms with Gasteiger partial charge < -0.3 is 15.1 Å². The molecule has 5 heteroatoms. The molecule has 2 heterocycles. The predicted octanol–water partition coefficient (Wildman–Crippen LogP) is 1.65. The van der Waals surface area contributed by atoms with E-state index in [1.54, 1.807) is 0 Å². The second kappa shape index (κ2) is 10.0. The zero-order chi connectivity index (χ0) is 18.2. The average molecular weight is 359 g/mol. The molecule has 0 radical (unpaired) electrons. The lowest BCUT2D eigenvalue weighted by Gasteiger charge is -2.32. The number of likely N-dealkylation sites (N-methyl/N-ethyl adjacent to an activating group) is 1. The fourth-order valence-electron chi connectivity index (χ4n) is 3.92. The lowest BCUT2D eigenvalue weighted by atomic mass is 9.95. The Morgan fingerprint density at radius 2 is 1.69 bits per heavy atom. The van der Waals surface area contributed by atoms with Crippen LogP contribution >= 0.6 is 0 Å². The van der Waals surface area contributed by atoms with Gasteiger partial charge in [-0.25, -0.2) is 0 Å². The van der Waals surface area contributed by atoms with Gasteiger partial charge in [0.05, 0.1) is 0 Å². The summed E-state index contributed by atoms with van der Waals surface area (Å²) in [4.78, 5) is 19.8. The molecule has 1 aromatic rings. The molecule has 1 amide bonds. The number of carbonyl (C=O) groups excluding carboxylic acids is 1. The van der Waals surface area contributed by atoms with Crippen LogP contribution in [-0.2, 0) is 11.3 Å². The van der Waals surface area contributed by atoms with Gasteiger partial charge in [-0.1, -0.05) is 30.3 Å². The van der Waals surface area contributed by atoms with E-state index in [1.807, 2.05) is 0 Å². The maximum absolute atomic E-state index is 12.4. The van der Waals surface area contributed by atoms with E-state index in [9.17, 15) is 4.79 Å². The molecule has 2 fully saturated rings. The maximum atomic E-state index is 12.4. The molecule has 0 spiro atoms. The lowest BCUT2D eigenvalue weighted by molar-refractivity contribution is -0.126. The van der Waals surface area contributed by atoms with Gasteiger partial charge in [-0.05, 0) is 51.5 Å². The first-order chi connectivity index (χ1) is 12.7. The van der Waals surface area contributed by atoms with Crippen LogP contribution in [0.2, 0.25) is 0 Å². The van der Waals surface area contributed by atoms with Gasteiger partial charge in [0.25, 0.3) is 0 Å². The normalized spacial score (nSPS) is 21.0. The van der Waals surface area contributed by atoms with Crippen molar-refractivity contribution in [3.05, 3.63) is 35.9 Å². The Kier molecular flexibility index (Phi) is 7.47. The first kappa shape index (κ1) is 19.3. The maximum Gasteiger partial charge on any atom is 0.223 e. The molecule has 1 N–H and O–H groups in total. The van der Waals surface area contributed by atoms with E-state index in [0.717, 1.165) is 78.2 Å². The highest BCUT2D eigenvalue weighted by Gasteiger charge is 2.24. The number of piperazine rings is 1. The van der Waals surface area contributed by atoms with Crippen LogP contribution in [0, 0.1) is 5.92 Å². The van der Waals surface area contributed by atoms with Crippen LogP contribution in [0.15, 0.2) is 30.3 Å². The van der Waals surface area contributed by atoms with Crippen LogP contribution < -0.4 is 5.32 Å². The SMILES string of the molecule is CN1CCN(CCCNC(=O)C2CCN(Cc3ccccc3)CC2)CC1. The number of piperidine rings is 1. The third-order valence-electron chi connectivity index (χ3n) is 5.75. The highest BCUT2D eigenvalue weighted by molar-refractivity contribution is 5.78. The van der Waals surface area contributed by atoms with Crippen molar-refractivity contribution in [1.29, 1.82) is 0 Å². The van der Waals surface area contributed by atoms with Gasteiger partial charge in [-0.15, -0.1) is 0 Å². The summed E-state index contributed by atoms with van der Waals surface area (Å²) >= 11 is 0. The standard InChI is InChI=1S/C21H34N4O/c1-23-14-16-24(17-15-23)11-5-10-22-21(26)20-8-12-25(13-9-20)18-19-6-3-2-4-7-19/h2-4,6-7,20H,5,8-18H2,1H3,(H,22,26). The number of hydrogen-bond acceptors (Lipinski definition) is 4. The molecule has 144 valence electrons. The van der Waals surface area contributed by atoms with Gasteiger partial charge in [0, 0.05) is 45.2 Å². The fourth-order valence-corrected chi connectivity index (χ4v) is 3.92. The molecule has 2 aliphatic heterocycles. The molecule has 0 aliphatic carbocycles. The van der Waals surface area contributed by atoms with Crippen molar-refractivity contribution in [2.45, 2.75) is 25.8 Å². The topological polar surface area (TPSA) is 38.8 Å². The van der Waals surface area contributed by atoms with Crippen molar-refractivity contribution in [2.75, 3.05) is 59.4 Å². The van der Waals surface area contributed by atoms with Crippen molar-refractivity contribution >= 4 is 5.91 Å². The largest absolute Gasteiger partial charge is 0.356 e. The molecule has 26 heavy (non-hydrogen) atoms. The average Bonchev–Trinajstić information content (AvgIpc) is 2.68. The first-order valence-electron chi connectivity index (χ1n) is 10.2. The van der Waals surface area contributed by atoms with E-state index in [2.05, 4.69) is 57.4 Å². The number of likely N-dealkylation sites (tertiary alicyclic amines) is 1. The summed E-state index contributed by atoms with van der Waals surface area (Å²) in [6.07, 6.45) is 3.02. The molecular formula is C21H34N4O. The second-order valence-corrected chi connectivity index (χ2v) is 7.83. The predicted molar refractivity (Wildman–Crippen MR) is 106 cm³/mol. The molecule has 0 saturated carbocycles. The third-order valence-corrected chi connectivity index (χ3v) is 5.75. The van der Waals surface area contributed by atoms with E-state index in [-0.39, 0.29) is 11.8 Å². The van der Waals surface area contributed by atoms with E-state index < -0.39 is 0 Å². The Balaban J connectivity index is 1.27. The molecule has 0 aromatic heterocycles. The molecule has 0 unspecified atom stereocenters. The molecule has 5 nitrogen and oxygen atoms in total. The number of rotatable bonds is 7. The smallest absolute Gasteiger partial charge is 0.223 e. The highest BCUT2D eigenvalue weighted by atomic mass is 16.1. The van der Waals surface area contributed by atoms with Crippen molar-refractivity contribution in [1.82, 2.24) is 20.0 Å². The van der Waals surface area contributed by atoms with Gasteiger partial charge in [0.15, 0.2) is 0 Å². The number of nitrogens with zero attached hydrogens (tertiary/aromatic N) is 3. The highest BCUT2D eigenvalue weighted by Crippen LogP contribution is 2.19. The Morgan fingerprint density at radius 1 is 1.00 bits per heavy atom. The molecular weight excluding hydrogens is 324 g/mol. The van der Waals surface area contributed by atoms with Crippen LogP contribution in [0.25, 0.3) is 0 Å². The number of benzene rings is 1. The molecule has 0 atom stereocenters. The fraction of sp³-hybridized carbons (Fsp3) is 0.667. The van der Waals surface area contributed by atoms with Crippen molar-refractivity contribution in [3.8, 4) is 0 Å². The summed E-state index contributed by atoms with van der Waals surface area (Å²) in [6.45, 7) is 9.60. The van der Waals surface area contributed by atoms with E-state index in [0.29, 0.717) is 0 Å². The van der Waals surface area contributed by atoms with Crippen molar-refractivity contribution in [2.24, 2.45) is 5.92 Å². The molecule has 2 aliphatic rings. The summed E-state index contributed by atoms with van der Waals surface area (Å²) in [5, 5.41) is 3.17. The van der Waals surface area contributed by atoms with E-state index in [4.69, 9.17) is 0 Å². The molecule has 3 rings (SSSR count). The summed E-state index contributed by atoms with van der Waals surface area (Å²) in [5.74, 6) is 0.466. The minimum Gasteiger partial charge on any atom is -0.356 e. The number of amides is 1. The van der Waals surface area contributed by atoms with Crippen LogP contribution in [0.4, 0.5) is 0 Å². The van der Waals surface area contributed by atoms with Crippen molar-refractivity contribution < 1.29 is 4.79 Å². The number of nitrogens with one attached hydrogen (secondary N) is 1. The summed E-state index contributed by atoms with van der Waals surface area (Å²) in [6, 6.07) is 10.6. The van der Waals surface area contributed by atoms with Crippen LogP contribution in [0.1, 0.15) is 24.8 Å². The third kappa shape index (κ3) is 6.08. The number of hydrogen-bond donors (Lipinski definition) is 1. The van der Waals surface area contributed by atoms with Gasteiger partial charge in [0.1, 0.15) is 0 Å². The molecule has 0 bridgehead atoms. The van der Waals surface area contributed by atoms with Gasteiger partial charge in [-0.3, -0.25) is 9.69 Å². The Labute approximate surface area is 158 Å². The van der Waals surface area contributed by atoms with E-state index in [1.165, 1.54) is 5.56 Å². The Hall–Kier alpha value is -1.43. The minimum atomic E-state index is 0.200. The quantitative estimate of drug-likeness (QED) is 0.753. The number of carbonyl (C=O) groups is 1. The van der Waals surface area contributed by atoms with Gasteiger partial charge in [0.2, 0.25) is 5.91 Å². The van der Waals surface area contributed by atoms with Crippen LogP contribution in [0.3, 0.4) is 0 Å². The zero-order valence-electron chi connectivity index (χ0n) is 16.2. The Bertz CT molecular complexity index is 534. The summed E-state index contributed by atoms with van der Waals surface area (Å²) in [7, 11) is 2.18. The first-order valence-corrected chi connectivity index (χ1v) is 10.2.